The SMILES string of the molecule is Cc1ccc(N(c2ccc(C3C=CC=CC3)cc2)c2ccc3c(c2)-c2ccccc2-c2ccccc2-c2cc(N(c4ccc(-c5ccccc5)cc4)c4ccc(C)nc4)c4oc5ccccc5c4c2-3)cn1. The Balaban J connectivity index is 1.08. The van der Waals surface area contributed by atoms with Gasteiger partial charge in [0, 0.05) is 50.7 Å². The fourth-order valence-corrected chi connectivity index (χ4v) is 10.8. The molecule has 11 aromatic rings. The van der Waals surface area contributed by atoms with Gasteiger partial charge < -0.3 is 14.2 Å². The van der Waals surface area contributed by atoms with Crippen LogP contribution >= 0.6 is 0 Å². The minimum atomic E-state index is 0.358. The number of para-hydroxylation sites is 1. The van der Waals surface area contributed by atoms with Gasteiger partial charge in [-0.1, -0.05) is 152 Å². The van der Waals surface area contributed by atoms with E-state index in [-0.39, 0.29) is 0 Å². The summed E-state index contributed by atoms with van der Waals surface area (Å²) >= 11 is 0. The molecule has 0 radical (unpaired) electrons. The number of fused-ring (bicyclic) bond motifs is 12. The van der Waals surface area contributed by atoms with Gasteiger partial charge in [0.1, 0.15) is 5.58 Å². The maximum absolute atomic E-state index is 7.19. The molecule has 1 unspecified atom stereocenters. The van der Waals surface area contributed by atoms with Crippen LogP contribution in [0.4, 0.5) is 34.1 Å². The van der Waals surface area contributed by atoms with Gasteiger partial charge in [0.25, 0.3) is 0 Å². The fraction of sp³-hybridized carbons (Fsp3) is 0.0606. The Labute approximate surface area is 414 Å². The van der Waals surface area contributed by atoms with Gasteiger partial charge in [-0.15, -0.1) is 0 Å². The van der Waals surface area contributed by atoms with E-state index < -0.39 is 0 Å². The Kier molecular flexibility index (Phi) is 10.4. The molecule has 2 aliphatic rings. The van der Waals surface area contributed by atoms with Gasteiger partial charge in [-0.25, -0.2) is 0 Å². The van der Waals surface area contributed by atoms with Crippen molar-refractivity contribution in [2.45, 2.75) is 26.2 Å². The number of allylic oxidation sites excluding steroid dienone is 4. The summed E-state index contributed by atoms with van der Waals surface area (Å²) in [5, 5.41) is 2.11. The van der Waals surface area contributed by atoms with Crippen molar-refractivity contribution in [3.63, 3.8) is 0 Å². The van der Waals surface area contributed by atoms with Crippen molar-refractivity contribution in [2.24, 2.45) is 0 Å². The minimum Gasteiger partial charge on any atom is -0.454 e. The van der Waals surface area contributed by atoms with Gasteiger partial charge in [-0.2, -0.15) is 0 Å². The molecule has 338 valence electrons. The van der Waals surface area contributed by atoms with Gasteiger partial charge in [0.05, 0.1) is 29.5 Å². The first-order valence-corrected chi connectivity index (χ1v) is 24.4. The van der Waals surface area contributed by atoms with E-state index in [0.29, 0.717) is 5.92 Å². The number of rotatable bonds is 8. The largest absolute Gasteiger partial charge is 0.454 e. The summed E-state index contributed by atoms with van der Waals surface area (Å²) in [5.74, 6) is 0.358. The molecular formula is C66H48N4O. The summed E-state index contributed by atoms with van der Waals surface area (Å²) < 4.78 is 7.19. The molecule has 2 aliphatic carbocycles. The van der Waals surface area contributed by atoms with E-state index in [2.05, 4.69) is 234 Å². The highest BCUT2D eigenvalue weighted by atomic mass is 16.3. The number of aromatic nitrogens is 2. The smallest absolute Gasteiger partial charge is 0.160 e. The second kappa shape index (κ2) is 17.5. The number of benzene rings is 8. The summed E-state index contributed by atoms with van der Waals surface area (Å²) in [6, 6.07) is 72.6. The van der Waals surface area contributed by atoms with E-state index in [1.54, 1.807) is 0 Å². The minimum absolute atomic E-state index is 0.358. The van der Waals surface area contributed by atoms with Crippen molar-refractivity contribution in [1.82, 2.24) is 9.97 Å². The molecular weight excluding hydrogens is 865 g/mol. The van der Waals surface area contributed by atoms with Gasteiger partial charge in [-0.3, -0.25) is 9.97 Å². The predicted molar refractivity (Wildman–Crippen MR) is 295 cm³/mol. The molecule has 5 nitrogen and oxygen atoms in total. The summed E-state index contributed by atoms with van der Waals surface area (Å²) in [4.78, 5) is 14.3. The lowest BCUT2D eigenvalue weighted by atomic mass is 9.79. The number of hydrogen-bond donors (Lipinski definition) is 0. The van der Waals surface area contributed by atoms with Gasteiger partial charge in [0.15, 0.2) is 5.58 Å². The van der Waals surface area contributed by atoms with Crippen molar-refractivity contribution in [3.05, 3.63) is 254 Å². The van der Waals surface area contributed by atoms with Crippen LogP contribution < -0.4 is 9.80 Å². The van der Waals surface area contributed by atoms with Crippen LogP contribution in [0.2, 0.25) is 0 Å². The monoisotopic (exact) mass is 912 g/mol. The van der Waals surface area contributed by atoms with E-state index in [9.17, 15) is 0 Å². The molecule has 0 amide bonds. The third kappa shape index (κ3) is 7.42. The first-order valence-electron chi connectivity index (χ1n) is 24.4. The Hall–Kier alpha value is -9.06. The number of hydrogen-bond acceptors (Lipinski definition) is 5. The first-order chi connectivity index (χ1) is 35.0. The summed E-state index contributed by atoms with van der Waals surface area (Å²) in [6.45, 7) is 4.07. The Morgan fingerprint density at radius 3 is 1.68 bits per heavy atom. The first kappa shape index (κ1) is 42.1. The van der Waals surface area contributed by atoms with Crippen LogP contribution in [0.5, 0.6) is 0 Å². The third-order valence-electron chi connectivity index (χ3n) is 14.2. The predicted octanol–water partition coefficient (Wildman–Crippen LogP) is 18.2. The average molecular weight is 913 g/mol. The van der Waals surface area contributed by atoms with E-state index in [1.807, 2.05) is 26.2 Å². The molecule has 3 heterocycles. The van der Waals surface area contributed by atoms with Gasteiger partial charge >= 0.3 is 0 Å². The zero-order chi connectivity index (χ0) is 47.4. The lowest BCUT2D eigenvalue weighted by Crippen LogP contribution is -2.12. The van der Waals surface area contributed by atoms with Crippen molar-refractivity contribution in [1.29, 1.82) is 0 Å². The van der Waals surface area contributed by atoms with Crippen LogP contribution in [-0.2, 0) is 0 Å². The molecule has 5 heteroatoms. The molecule has 0 bridgehead atoms. The zero-order valence-electron chi connectivity index (χ0n) is 39.5. The third-order valence-corrected chi connectivity index (χ3v) is 14.2. The summed E-state index contributed by atoms with van der Waals surface area (Å²) in [5.41, 5.74) is 22.3. The second-order valence-electron chi connectivity index (χ2n) is 18.6. The standard InChI is InChI=1S/C66H48N4O/c1-43-25-31-52(41-67-43)69(49-33-27-47(28-34-49)45-15-5-3-6-16-45)51-37-38-58-60(39-51)56-21-11-9-19-54(56)55-20-10-12-22-57(55)61-40-62(66-65(64(58)61)59-23-13-14-24-63(59)71-66)70(53-32-26-44(2)68-42-53)50-35-29-48(30-36-50)46-17-7-4-8-18-46/h3-15,17-42,45H,16H2,1-2H3. The molecule has 8 aromatic carbocycles. The zero-order valence-corrected chi connectivity index (χ0v) is 39.5. The van der Waals surface area contributed by atoms with Crippen LogP contribution in [0.1, 0.15) is 29.3 Å². The molecule has 13 rings (SSSR count). The van der Waals surface area contributed by atoms with Crippen molar-refractivity contribution in [3.8, 4) is 55.6 Å². The van der Waals surface area contributed by atoms with E-state index in [0.717, 1.165) is 118 Å². The quantitative estimate of drug-likeness (QED) is 0.152. The average Bonchev–Trinajstić information content (AvgIpc) is 3.82. The van der Waals surface area contributed by atoms with Crippen molar-refractivity contribution in [2.75, 3.05) is 9.80 Å². The number of aryl methyl sites for hydroxylation is 2. The number of furan rings is 1. The summed E-state index contributed by atoms with van der Waals surface area (Å²) in [6.07, 6.45) is 13.8. The van der Waals surface area contributed by atoms with E-state index in [1.165, 1.54) is 16.7 Å². The van der Waals surface area contributed by atoms with Crippen LogP contribution in [-0.4, -0.2) is 9.97 Å². The molecule has 0 spiro atoms. The topological polar surface area (TPSA) is 45.4 Å². The Bertz CT molecular complexity index is 3850. The number of nitrogens with zero attached hydrogens (tertiary/aromatic N) is 4. The molecule has 1 atom stereocenters. The van der Waals surface area contributed by atoms with Crippen LogP contribution in [0.25, 0.3) is 77.6 Å². The molecule has 71 heavy (non-hydrogen) atoms. The van der Waals surface area contributed by atoms with E-state index >= 15 is 0 Å². The van der Waals surface area contributed by atoms with Crippen LogP contribution in [0.3, 0.4) is 0 Å². The highest BCUT2D eigenvalue weighted by Crippen LogP contribution is 2.56. The molecule has 0 fully saturated rings. The lowest BCUT2D eigenvalue weighted by Gasteiger charge is -2.30. The normalized spacial score (nSPS) is 13.5. The Morgan fingerprint density at radius 1 is 0.451 bits per heavy atom. The molecule has 0 aliphatic heterocycles. The highest BCUT2D eigenvalue weighted by Gasteiger charge is 2.31. The molecule has 0 saturated carbocycles. The molecule has 0 saturated heterocycles. The maximum Gasteiger partial charge on any atom is 0.160 e. The maximum atomic E-state index is 7.19. The fourth-order valence-electron chi connectivity index (χ4n) is 10.8. The van der Waals surface area contributed by atoms with Crippen molar-refractivity contribution < 1.29 is 4.42 Å². The summed E-state index contributed by atoms with van der Waals surface area (Å²) in [7, 11) is 0. The highest BCUT2D eigenvalue weighted by molar-refractivity contribution is 6.23. The van der Waals surface area contributed by atoms with E-state index in [4.69, 9.17) is 14.4 Å². The van der Waals surface area contributed by atoms with Crippen LogP contribution in [0.15, 0.2) is 241 Å². The number of anilines is 6. The second-order valence-corrected chi connectivity index (χ2v) is 18.6. The lowest BCUT2D eigenvalue weighted by molar-refractivity contribution is 0.669. The van der Waals surface area contributed by atoms with Crippen LogP contribution in [0, 0.1) is 13.8 Å². The number of pyridine rings is 2. The van der Waals surface area contributed by atoms with Crippen molar-refractivity contribution >= 4 is 56.1 Å². The molecule has 0 N–H and O–H groups in total. The molecule has 3 aromatic heterocycles. The Morgan fingerprint density at radius 2 is 1.01 bits per heavy atom. The van der Waals surface area contributed by atoms with Gasteiger partial charge in [-0.05, 0) is 149 Å². The van der Waals surface area contributed by atoms with Gasteiger partial charge in [0.2, 0.25) is 0 Å².